The van der Waals surface area contributed by atoms with Crippen molar-refractivity contribution >= 4 is 23.0 Å². The molecule has 3 nitrogen and oxygen atoms in total. The summed E-state index contributed by atoms with van der Waals surface area (Å²) in [6.07, 6.45) is 5.61. The van der Waals surface area contributed by atoms with Crippen molar-refractivity contribution in [3.05, 3.63) is 21.9 Å². The van der Waals surface area contributed by atoms with E-state index in [0.29, 0.717) is 12.2 Å². The Hall–Kier alpha value is -1.16. The minimum atomic E-state index is 0.103. The zero-order chi connectivity index (χ0) is 14.1. The Balaban J connectivity index is 1.81. The van der Waals surface area contributed by atoms with Gasteiger partial charge in [0.05, 0.1) is 4.88 Å². The number of Topliss-reactive ketones (excluding diaryl/α,β-unsaturated/α-hetero) is 1. The molecular weight excluding hydrogens is 270 g/mol. The highest BCUT2D eigenvalue weighted by atomic mass is 32.1. The summed E-state index contributed by atoms with van der Waals surface area (Å²) in [4.78, 5) is 27.7. The molecule has 2 heterocycles. The van der Waals surface area contributed by atoms with E-state index in [4.69, 9.17) is 0 Å². The summed E-state index contributed by atoms with van der Waals surface area (Å²) < 4.78 is 0. The van der Waals surface area contributed by atoms with Crippen LogP contribution < -0.4 is 0 Å². The molecule has 1 aromatic heterocycles. The lowest BCUT2D eigenvalue weighted by Crippen LogP contribution is -2.41. The van der Waals surface area contributed by atoms with Gasteiger partial charge in [-0.3, -0.25) is 9.59 Å². The Bertz CT molecular complexity index is 522. The lowest BCUT2D eigenvalue weighted by Gasteiger charge is -2.28. The molecule has 0 aromatic carbocycles. The first-order valence-electron chi connectivity index (χ1n) is 7.62. The molecule has 1 amide bonds. The quantitative estimate of drug-likeness (QED) is 0.857. The maximum absolute atomic E-state index is 12.8. The van der Waals surface area contributed by atoms with Crippen LogP contribution in [0.4, 0.5) is 0 Å². The number of rotatable bonds is 3. The minimum Gasteiger partial charge on any atom is -0.334 e. The summed E-state index contributed by atoms with van der Waals surface area (Å²) in [7, 11) is 0. The van der Waals surface area contributed by atoms with Crippen LogP contribution in [0.15, 0.2) is 11.4 Å². The smallest absolute Gasteiger partial charge is 0.264 e. The number of carbonyl (C=O) groups excluding carboxylic acids is 2. The van der Waals surface area contributed by atoms with Gasteiger partial charge in [0.25, 0.3) is 5.91 Å². The summed E-state index contributed by atoms with van der Waals surface area (Å²) in [6.45, 7) is 2.90. The van der Waals surface area contributed by atoms with Gasteiger partial charge in [-0.15, -0.1) is 11.3 Å². The topological polar surface area (TPSA) is 37.4 Å². The Morgan fingerprint density at radius 3 is 2.95 bits per heavy atom. The lowest BCUT2D eigenvalue weighted by atomic mass is 9.95. The Morgan fingerprint density at radius 1 is 1.40 bits per heavy atom. The number of carbonyl (C=O) groups is 2. The maximum Gasteiger partial charge on any atom is 0.264 e. The molecule has 1 aromatic rings. The molecule has 1 saturated heterocycles. The van der Waals surface area contributed by atoms with E-state index in [-0.39, 0.29) is 17.9 Å². The molecule has 0 N–H and O–H groups in total. The Labute approximate surface area is 124 Å². The second-order valence-electron chi connectivity index (χ2n) is 5.80. The zero-order valence-electron chi connectivity index (χ0n) is 11.9. The fourth-order valence-electron chi connectivity index (χ4n) is 3.64. The van der Waals surface area contributed by atoms with Crippen LogP contribution in [-0.4, -0.2) is 29.2 Å². The molecule has 0 radical (unpaired) electrons. The molecule has 1 aliphatic carbocycles. The van der Waals surface area contributed by atoms with Crippen molar-refractivity contribution in [1.82, 2.24) is 4.90 Å². The van der Waals surface area contributed by atoms with Crippen molar-refractivity contribution in [3.63, 3.8) is 0 Å². The normalized spacial score (nSPS) is 26.4. The minimum absolute atomic E-state index is 0.103. The molecule has 2 unspecified atom stereocenters. The number of amides is 1. The summed E-state index contributed by atoms with van der Waals surface area (Å²) in [6, 6.07) is 2.20. The summed E-state index contributed by atoms with van der Waals surface area (Å²) in [5, 5.41) is 2.00. The van der Waals surface area contributed by atoms with Crippen LogP contribution in [-0.2, 0) is 11.2 Å². The van der Waals surface area contributed by atoms with Gasteiger partial charge in [0.2, 0.25) is 0 Å². The summed E-state index contributed by atoms with van der Waals surface area (Å²) in [5.41, 5.74) is 1.14. The largest absolute Gasteiger partial charge is 0.334 e. The van der Waals surface area contributed by atoms with Crippen molar-refractivity contribution in [3.8, 4) is 0 Å². The molecule has 1 saturated carbocycles. The molecule has 2 aliphatic rings. The second-order valence-corrected chi connectivity index (χ2v) is 6.72. The van der Waals surface area contributed by atoms with Crippen LogP contribution >= 0.6 is 11.3 Å². The molecule has 0 bridgehead atoms. The van der Waals surface area contributed by atoms with E-state index in [9.17, 15) is 9.59 Å². The number of thiophene rings is 1. The Morgan fingerprint density at radius 2 is 2.25 bits per heavy atom. The van der Waals surface area contributed by atoms with Crippen LogP contribution in [0.2, 0.25) is 0 Å². The highest BCUT2D eigenvalue weighted by molar-refractivity contribution is 7.12. The van der Waals surface area contributed by atoms with Gasteiger partial charge in [-0.05, 0) is 49.1 Å². The van der Waals surface area contributed by atoms with Gasteiger partial charge in [0, 0.05) is 24.9 Å². The predicted octanol–water partition coefficient (Wildman–Crippen LogP) is 3.28. The van der Waals surface area contributed by atoms with Crippen molar-refractivity contribution in [2.24, 2.45) is 5.92 Å². The third kappa shape index (κ3) is 2.30. The highest BCUT2D eigenvalue weighted by Gasteiger charge is 2.40. The average Bonchev–Trinajstić information content (AvgIpc) is 3.17. The highest BCUT2D eigenvalue weighted by Crippen LogP contribution is 2.35. The Kier molecular flexibility index (Phi) is 3.92. The van der Waals surface area contributed by atoms with Gasteiger partial charge < -0.3 is 4.90 Å². The molecular formula is C16H21NO2S. The van der Waals surface area contributed by atoms with Crippen molar-refractivity contribution in [2.75, 3.05) is 6.54 Å². The monoisotopic (exact) mass is 291 g/mol. The SMILES string of the molecule is CCc1ccsc1C(=O)N1CCCC1C1CCCC1=O. The number of hydrogen-bond acceptors (Lipinski definition) is 3. The first-order valence-corrected chi connectivity index (χ1v) is 8.50. The van der Waals surface area contributed by atoms with Gasteiger partial charge in [0.15, 0.2) is 0 Å². The average molecular weight is 291 g/mol. The fraction of sp³-hybridized carbons (Fsp3) is 0.625. The third-order valence-electron chi connectivity index (χ3n) is 4.70. The maximum atomic E-state index is 12.8. The van der Waals surface area contributed by atoms with Crippen LogP contribution in [0.1, 0.15) is 54.3 Å². The molecule has 20 heavy (non-hydrogen) atoms. The van der Waals surface area contributed by atoms with Gasteiger partial charge in [0.1, 0.15) is 5.78 Å². The van der Waals surface area contributed by atoms with Crippen LogP contribution in [0.25, 0.3) is 0 Å². The van der Waals surface area contributed by atoms with E-state index in [1.54, 1.807) is 0 Å². The summed E-state index contributed by atoms with van der Waals surface area (Å²) in [5.74, 6) is 0.627. The van der Waals surface area contributed by atoms with E-state index in [0.717, 1.165) is 49.1 Å². The molecule has 2 fully saturated rings. The number of ketones is 1. The molecule has 108 valence electrons. The van der Waals surface area contributed by atoms with E-state index >= 15 is 0 Å². The van der Waals surface area contributed by atoms with E-state index in [1.165, 1.54) is 11.3 Å². The third-order valence-corrected chi connectivity index (χ3v) is 5.64. The van der Waals surface area contributed by atoms with Crippen LogP contribution in [0.5, 0.6) is 0 Å². The summed E-state index contributed by atoms with van der Waals surface area (Å²) >= 11 is 1.54. The number of likely N-dealkylation sites (tertiary alicyclic amines) is 1. The van der Waals surface area contributed by atoms with E-state index in [2.05, 4.69) is 6.92 Å². The van der Waals surface area contributed by atoms with Crippen LogP contribution in [0, 0.1) is 5.92 Å². The van der Waals surface area contributed by atoms with Crippen molar-refractivity contribution in [2.45, 2.75) is 51.5 Å². The molecule has 1 aliphatic heterocycles. The second kappa shape index (κ2) is 5.68. The fourth-order valence-corrected chi connectivity index (χ4v) is 4.59. The van der Waals surface area contributed by atoms with E-state index < -0.39 is 0 Å². The van der Waals surface area contributed by atoms with Gasteiger partial charge in [-0.2, -0.15) is 0 Å². The lowest BCUT2D eigenvalue weighted by molar-refractivity contribution is -0.121. The molecule has 4 heteroatoms. The van der Waals surface area contributed by atoms with Crippen molar-refractivity contribution < 1.29 is 9.59 Å². The first kappa shape index (κ1) is 13.8. The number of aryl methyl sites for hydroxylation is 1. The predicted molar refractivity (Wildman–Crippen MR) is 80.1 cm³/mol. The standard InChI is InChI=1S/C16H21NO2S/c1-2-11-8-10-20-15(11)16(19)17-9-4-6-13(17)12-5-3-7-14(12)18/h8,10,12-13H,2-7,9H2,1H3. The van der Waals surface area contributed by atoms with Gasteiger partial charge in [-0.25, -0.2) is 0 Å². The van der Waals surface area contributed by atoms with Crippen molar-refractivity contribution in [1.29, 1.82) is 0 Å². The number of hydrogen-bond donors (Lipinski definition) is 0. The molecule has 2 atom stereocenters. The van der Waals surface area contributed by atoms with Gasteiger partial charge >= 0.3 is 0 Å². The van der Waals surface area contributed by atoms with Gasteiger partial charge in [-0.1, -0.05) is 6.92 Å². The molecule has 0 spiro atoms. The first-order chi connectivity index (χ1) is 9.72. The zero-order valence-corrected chi connectivity index (χ0v) is 12.7. The molecule has 3 rings (SSSR count). The van der Waals surface area contributed by atoms with E-state index in [1.807, 2.05) is 16.3 Å². The van der Waals surface area contributed by atoms with Crippen LogP contribution in [0.3, 0.4) is 0 Å². The number of nitrogens with zero attached hydrogens (tertiary/aromatic N) is 1.